The minimum atomic E-state index is -3.02. The minimum Gasteiger partial charge on any atom is -0.459 e. The molecule has 2 unspecified atom stereocenters. The number of piperazine rings is 1. The van der Waals surface area contributed by atoms with Crippen LogP contribution in [0.2, 0.25) is 0 Å². The summed E-state index contributed by atoms with van der Waals surface area (Å²) in [7, 11) is 1.80. The van der Waals surface area contributed by atoms with Crippen LogP contribution in [0.4, 0.5) is 13.2 Å². The van der Waals surface area contributed by atoms with E-state index in [4.69, 9.17) is 4.74 Å². The molecule has 0 aliphatic carbocycles. The number of ether oxygens (including phenoxy) is 1. The third-order valence-corrected chi connectivity index (χ3v) is 6.62. The summed E-state index contributed by atoms with van der Waals surface area (Å²) in [6.45, 7) is 8.74. The molecule has 4 heterocycles. The van der Waals surface area contributed by atoms with Gasteiger partial charge in [0.05, 0.1) is 17.2 Å². The summed E-state index contributed by atoms with van der Waals surface area (Å²) in [5.74, 6) is 0.244. The standard InChI is InChI=1S/C24H31F3N6O2/c1-14(2)35-24(34)18-12-19-17(23-28-13-29-30(23)5)6-7-33(19)20(15(18)3)16(4)31-8-10-32(11-9-31)22(27)21(25)26/h6-7,12-14,16,21-22H,8-11H2,1-5H3. The summed E-state index contributed by atoms with van der Waals surface area (Å²) in [5.41, 5.74) is 3.71. The third kappa shape index (κ3) is 4.79. The van der Waals surface area contributed by atoms with Crippen LogP contribution in [-0.2, 0) is 11.8 Å². The van der Waals surface area contributed by atoms with Crippen LogP contribution in [0.3, 0.4) is 0 Å². The van der Waals surface area contributed by atoms with Crippen molar-refractivity contribution in [3.05, 3.63) is 41.5 Å². The van der Waals surface area contributed by atoms with Crippen molar-refractivity contribution in [2.75, 3.05) is 26.2 Å². The van der Waals surface area contributed by atoms with Gasteiger partial charge in [-0.05, 0) is 45.4 Å². The summed E-state index contributed by atoms with van der Waals surface area (Å²) in [6, 6.07) is 3.57. The second kappa shape index (κ2) is 9.98. The van der Waals surface area contributed by atoms with Gasteiger partial charge in [0.2, 0.25) is 6.30 Å². The van der Waals surface area contributed by atoms with E-state index in [0.717, 1.165) is 22.3 Å². The van der Waals surface area contributed by atoms with Crippen molar-refractivity contribution in [3.63, 3.8) is 0 Å². The Kier molecular flexibility index (Phi) is 7.18. The molecule has 1 aliphatic rings. The highest BCUT2D eigenvalue weighted by atomic mass is 19.3. The van der Waals surface area contributed by atoms with Crippen molar-refractivity contribution < 1.29 is 22.7 Å². The highest BCUT2D eigenvalue weighted by molar-refractivity contribution is 5.94. The Balaban J connectivity index is 1.76. The van der Waals surface area contributed by atoms with E-state index in [0.29, 0.717) is 24.5 Å². The van der Waals surface area contributed by atoms with Gasteiger partial charge < -0.3 is 9.14 Å². The number of esters is 1. The fourth-order valence-electron chi connectivity index (χ4n) is 4.80. The molecule has 1 aliphatic heterocycles. The van der Waals surface area contributed by atoms with Crippen LogP contribution < -0.4 is 0 Å². The van der Waals surface area contributed by atoms with Crippen LogP contribution in [0, 0.1) is 6.92 Å². The summed E-state index contributed by atoms with van der Waals surface area (Å²) in [5, 5.41) is 4.17. The van der Waals surface area contributed by atoms with Crippen molar-refractivity contribution in [2.24, 2.45) is 7.05 Å². The molecule has 2 atom stereocenters. The van der Waals surface area contributed by atoms with Gasteiger partial charge in [0.1, 0.15) is 6.33 Å². The molecule has 0 bridgehead atoms. The first-order chi connectivity index (χ1) is 16.6. The predicted octanol–water partition coefficient (Wildman–Crippen LogP) is 3.85. The van der Waals surface area contributed by atoms with Crippen molar-refractivity contribution in [1.82, 2.24) is 29.0 Å². The van der Waals surface area contributed by atoms with Crippen molar-refractivity contribution in [1.29, 1.82) is 0 Å². The molecule has 190 valence electrons. The van der Waals surface area contributed by atoms with Crippen molar-refractivity contribution >= 4 is 11.5 Å². The molecule has 8 nitrogen and oxygen atoms in total. The van der Waals surface area contributed by atoms with Gasteiger partial charge in [0.15, 0.2) is 5.82 Å². The van der Waals surface area contributed by atoms with E-state index in [9.17, 15) is 18.0 Å². The number of fused-ring (bicyclic) bond motifs is 1. The maximum Gasteiger partial charge on any atom is 0.338 e. The lowest BCUT2D eigenvalue weighted by Crippen LogP contribution is -2.51. The summed E-state index contributed by atoms with van der Waals surface area (Å²) >= 11 is 0. The number of hydrogen-bond donors (Lipinski definition) is 0. The summed E-state index contributed by atoms with van der Waals surface area (Å²) < 4.78 is 48.7. The number of rotatable bonds is 7. The lowest BCUT2D eigenvalue weighted by atomic mass is 10.00. The summed E-state index contributed by atoms with van der Waals surface area (Å²) in [6.07, 6.45) is -2.15. The molecule has 3 aromatic rings. The van der Waals surface area contributed by atoms with Gasteiger partial charge >= 0.3 is 5.97 Å². The lowest BCUT2D eigenvalue weighted by molar-refractivity contribution is -0.0688. The van der Waals surface area contributed by atoms with E-state index in [1.165, 1.54) is 11.2 Å². The normalized spacial score (nSPS) is 17.4. The van der Waals surface area contributed by atoms with E-state index >= 15 is 0 Å². The zero-order valence-electron chi connectivity index (χ0n) is 20.6. The molecule has 0 amide bonds. The Morgan fingerprint density at radius 1 is 1.09 bits per heavy atom. The Morgan fingerprint density at radius 2 is 1.74 bits per heavy atom. The van der Waals surface area contributed by atoms with Crippen LogP contribution in [-0.4, -0.2) is 79.9 Å². The number of halogens is 3. The van der Waals surface area contributed by atoms with E-state index in [-0.39, 0.29) is 25.2 Å². The molecular formula is C24H31F3N6O2. The molecule has 0 spiro atoms. The van der Waals surface area contributed by atoms with E-state index in [1.807, 2.05) is 36.6 Å². The molecule has 3 aromatic heterocycles. The lowest BCUT2D eigenvalue weighted by Gasteiger charge is -2.39. The number of carbonyl (C=O) groups is 1. The predicted molar refractivity (Wildman–Crippen MR) is 125 cm³/mol. The number of alkyl halides is 3. The molecule has 1 fully saturated rings. The van der Waals surface area contributed by atoms with E-state index in [2.05, 4.69) is 15.0 Å². The van der Waals surface area contributed by atoms with Crippen LogP contribution in [0.5, 0.6) is 0 Å². The van der Waals surface area contributed by atoms with Gasteiger partial charge in [0, 0.05) is 56.7 Å². The largest absolute Gasteiger partial charge is 0.459 e. The number of aryl methyl sites for hydroxylation is 1. The van der Waals surface area contributed by atoms with Gasteiger partial charge in [-0.25, -0.2) is 27.6 Å². The number of carbonyl (C=O) groups excluding carboxylic acids is 1. The fraction of sp³-hybridized carbons (Fsp3) is 0.542. The SMILES string of the molecule is Cc1c(C(=O)OC(C)C)cc2c(-c3ncnn3C)ccn2c1C(C)N1CCN(C(F)C(F)F)CC1. The second-order valence-electron chi connectivity index (χ2n) is 9.17. The Morgan fingerprint density at radius 3 is 2.31 bits per heavy atom. The topological polar surface area (TPSA) is 67.9 Å². The third-order valence-electron chi connectivity index (χ3n) is 6.62. The zero-order valence-corrected chi connectivity index (χ0v) is 20.6. The molecule has 0 saturated carbocycles. The van der Waals surface area contributed by atoms with Crippen LogP contribution in [0.25, 0.3) is 16.9 Å². The monoisotopic (exact) mass is 492 g/mol. The first-order valence-electron chi connectivity index (χ1n) is 11.7. The average molecular weight is 493 g/mol. The number of pyridine rings is 1. The van der Waals surface area contributed by atoms with E-state index in [1.54, 1.807) is 25.6 Å². The second-order valence-corrected chi connectivity index (χ2v) is 9.17. The maximum atomic E-state index is 13.8. The molecule has 0 N–H and O–H groups in total. The number of hydrogen-bond acceptors (Lipinski definition) is 6. The molecule has 11 heteroatoms. The first kappa shape index (κ1) is 25.2. The molecule has 4 rings (SSSR count). The fourth-order valence-corrected chi connectivity index (χ4v) is 4.80. The number of aromatic nitrogens is 4. The highest BCUT2D eigenvalue weighted by Crippen LogP contribution is 2.33. The Labute approximate surface area is 202 Å². The van der Waals surface area contributed by atoms with Crippen molar-refractivity contribution in [3.8, 4) is 11.4 Å². The molecule has 0 aromatic carbocycles. The van der Waals surface area contributed by atoms with Gasteiger partial charge in [-0.2, -0.15) is 5.10 Å². The molecular weight excluding hydrogens is 461 g/mol. The zero-order chi connectivity index (χ0) is 25.4. The van der Waals surface area contributed by atoms with Crippen LogP contribution >= 0.6 is 0 Å². The van der Waals surface area contributed by atoms with Crippen LogP contribution in [0.1, 0.15) is 48.4 Å². The van der Waals surface area contributed by atoms with Gasteiger partial charge in [-0.15, -0.1) is 0 Å². The maximum absolute atomic E-state index is 13.8. The molecule has 0 radical (unpaired) electrons. The molecule has 1 saturated heterocycles. The van der Waals surface area contributed by atoms with Crippen LogP contribution in [0.15, 0.2) is 24.7 Å². The molecule has 35 heavy (non-hydrogen) atoms. The highest BCUT2D eigenvalue weighted by Gasteiger charge is 2.33. The van der Waals surface area contributed by atoms with Gasteiger partial charge in [0.25, 0.3) is 6.43 Å². The smallest absolute Gasteiger partial charge is 0.338 e. The minimum absolute atomic E-state index is 0.171. The van der Waals surface area contributed by atoms with Gasteiger partial charge in [-0.1, -0.05) is 0 Å². The Bertz CT molecular complexity index is 1200. The quantitative estimate of drug-likeness (QED) is 0.369. The van der Waals surface area contributed by atoms with Crippen molar-refractivity contribution in [2.45, 2.75) is 52.6 Å². The van der Waals surface area contributed by atoms with E-state index < -0.39 is 18.7 Å². The Hall–Kier alpha value is -2.92. The average Bonchev–Trinajstić information content (AvgIpc) is 3.42. The van der Waals surface area contributed by atoms with Gasteiger partial charge in [-0.3, -0.25) is 9.80 Å². The first-order valence-corrected chi connectivity index (χ1v) is 11.7. The summed E-state index contributed by atoms with van der Waals surface area (Å²) in [4.78, 5) is 20.7. The number of nitrogens with zero attached hydrogens (tertiary/aromatic N) is 6.